The van der Waals surface area contributed by atoms with E-state index in [2.05, 4.69) is 9.97 Å². The van der Waals surface area contributed by atoms with Crippen molar-refractivity contribution in [1.29, 1.82) is 0 Å². The van der Waals surface area contributed by atoms with Crippen LogP contribution in [0, 0.1) is 0 Å². The smallest absolute Gasteiger partial charge is 0.233 e. The Balaban J connectivity index is 3.24. The van der Waals surface area contributed by atoms with Gasteiger partial charge in [0.25, 0.3) is 0 Å². The Morgan fingerprint density at radius 1 is 1.33 bits per heavy atom. The molecule has 0 saturated carbocycles. The van der Waals surface area contributed by atoms with Crippen molar-refractivity contribution in [3.8, 4) is 5.88 Å². The van der Waals surface area contributed by atoms with E-state index in [0.717, 1.165) is 0 Å². The van der Waals surface area contributed by atoms with Crippen LogP contribution in [0.3, 0.4) is 0 Å². The SMILES string of the molecule is COc1nc(Cl)nc(Cl)c1SC. The van der Waals surface area contributed by atoms with Gasteiger partial charge in [-0.3, -0.25) is 0 Å². The van der Waals surface area contributed by atoms with Crippen molar-refractivity contribution in [3.63, 3.8) is 0 Å². The third kappa shape index (κ3) is 1.94. The van der Waals surface area contributed by atoms with Gasteiger partial charge in [0.15, 0.2) is 5.15 Å². The van der Waals surface area contributed by atoms with Crippen molar-refractivity contribution in [3.05, 3.63) is 10.4 Å². The molecule has 0 aromatic carbocycles. The van der Waals surface area contributed by atoms with Crippen LogP contribution in [0.2, 0.25) is 10.4 Å². The van der Waals surface area contributed by atoms with Crippen LogP contribution in [0.5, 0.6) is 5.88 Å². The lowest BCUT2D eigenvalue weighted by Crippen LogP contribution is -1.94. The van der Waals surface area contributed by atoms with Crippen LogP contribution in [-0.4, -0.2) is 23.3 Å². The minimum atomic E-state index is 0.0923. The number of rotatable bonds is 2. The zero-order valence-electron chi connectivity index (χ0n) is 6.47. The van der Waals surface area contributed by atoms with Gasteiger partial charge < -0.3 is 4.74 Å². The van der Waals surface area contributed by atoms with Gasteiger partial charge in [-0.2, -0.15) is 4.98 Å². The van der Waals surface area contributed by atoms with Crippen LogP contribution in [-0.2, 0) is 0 Å². The molecule has 66 valence electrons. The molecule has 0 unspecified atom stereocenters. The molecule has 6 heteroatoms. The van der Waals surface area contributed by atoms with Gasteiger partial charge in [0.1, 0.15) is 4.90 Å². The number of thioether (sulfide) groups is 1. The third-order valence-electron chi connectivity index (χ3n) is 1.16. The molecule has 0 spiro atoms. The van der Waals surface area contributed by atoms with E-state index in [1.165, 1.54) is 18.9 Å². The lowest BCUT2D eigenvalue weighted by molar-refractivity contribution is 0.386. The van der Waals surface area contributed by atoms with Gasteiger partial charge in [-0.15, -0.1) is 11.8 Å². The molecule has 0 aliphatic heterocycles. The van der Waals surface area contributed by atoms with E-state index < -0.39 is 0 Å². The second kappa shape index (κ2) is 4.16. The van der Waals surface area contributed by atoms with E-state index in [1.807, 2.05) is 6.26 Å². The second-order valence-corrected chi connectivity index (χ2v) is 3.34. The van der Waals surface area contributed by atoms with Gasteiger partial charge in [-0.05, 0) is 17.9 Å². The van der Waals surface area contributed by atoms with Gasteiger partial charge in [0.05, 0.1) is 7.11 Å². The summed E-state index contributed by atoms with van der Waals surface area (Å²) in [6.45, 7) is 0. The summed E-state index contributed by atoms with van der Waals surface area (Å²) in [4.78, 5) is 8.32. The maximum Gasteiger partial charge on any atom is 0.233 e. The summed E-state index contributed by atoms with van der Waals surface area (Å²) >= 11 is 12.8. The van der Waals surface area contributed by atoms with Crippen LogP contribution >= 0.6 is 35.0 Å². The first-order valence-corrected chi connectivity index (χ1v) is 4.98. The molecule has 1 aromatic rings. The molecule has 0 saturated heterocycles. The minimum Gasteiger partial charge on any atom is -0.480 e. The van der Waals surface area contributed by atoms with Crippen molar-refractivity contribution in [2.45, 2.75) is 4.90 Å². The van der Waals surface area contributed by atoms with Crippen molar-refractivity contribution in [2.75, 3.05) is 13.4 Å². The minimum absolute atomic E-state index is 0.0923. The molecule has 0 amide bonds. The van der Waals surface area contributed by atoms with Crippen LogP contribution < -0.4 is 4.74 Å². The third-order valence-corrected chi connectivity index (χ3v) is 2.49. The van der Waals surface area contributed by atoms with E-state index in [9.17, 15) is 0 Å². The molecule has 0 N–H and O–H groups in total. The lowest BCUT2D eigenvalue weighted by Gasteiger charge is -2.05. The van der Waals surface area contributed by atoms with E-state index in [4.69, 9.17) is 27.9 Å². The standard InChI is InChI=1S/C6H6Cl2N2OS/c1-11-5-3(12-2)4(7)9-6(8)10-5/h1-2H3. The van der Waals surface area contributed by atoms with Crippen LogP contribution in [0.15, 0.2) is 4.90 Å². The maximum atomic E-state index is 5.78. The largest absolute Gasteiger partial charge is 0.480 e. The summed E-state index contributed by atoms with van der Waals surface area (Å²) in [5.41, 5.74) is 0. The molecule has 0 atom stereocenters. The summed E-state index contributed by atoms with van der Waals surface area (Å²) in [5, 5.41) is 0.411. The number of hydrogen-bond acceptors (Lipinski definition) is 4. The summed E-state index contributed by atoms with van der Waals surface area (Å²) in [5.74, 6) is 0.410. The van der Waals surface area contributed by atoms with Gasteiger partial charge >= 0.3 is 0 Å². The Morgan fingerprint density at radius 2 is 2.00 bits per heavy atom. The fourth-order valence-corrected chi connectivity index (χ4v) is 1.80. The highest BCUT2D eigenvalue weighted by atomic mass is 35.5. The van der Waals surface area contributed by atoms with E-state index in [0.29, 0.717) is 15.9 Å². The number of nitrogens with zero attached hydrogens (tertiary/aromatic N) is 2. The number of halogens is 2. The zero-order chi connectivity index (χ0) is 9.14. The lowest BCUT2D eigenvalue weighted by atomic mass is 10.6. The summed E-state index contributed by atoms with van der Waals surface area (Å²) in [6, 6.07) is 0. The average Bonchev–Trinajstić information content (AvgIpc) is 2.03. The second-order valence-electron chi connectivity index (χ2n) is 1.83. The summed E-state index contributed by atoms with van der Waals surface area (Å²) in [6.07, 6.45) is 1.86. The molecule has 0 aliphatic rings. The number of methoxy groups -OCH3 is 1. The summed E-state index contributed by atoms with van der Waals surface area (Å²) < 4.78 is 4.96. The first-order chi connectivity index (χ1) is 5.69. The molecule has 0 aliphatic carbocycles. The highest BCUT2D eigenvalue weighted by Gasteiger charge is 2.11. The highest BCUT2D eigenvalue weighted by molar-refractivity contribution is 7.98. The number of ether oxygens (including phenoxy) is 1. The van der Waals surface area contributed by atoms with Crippen LogP contribution in [0.25, 0.3) is 0 Å². The molecule has 1 heterocycles. The molecule has 0 bridgehead atoms. The molecule has 1 aromatic heterocycles. The van der Waals surface area contributed by atoms with Gasteiger partial charge in [0.2, 0.25) is 11.2 Å². The predicted octanol–water partition coefficient (Wildman–Crippen LogP) is 2.51. The van der Waals surface area contributed by atoms with E-state index in [-0.39, 0.29) is 5.28 Å². The van der Waals surface area contributed by atoms with Crippen LogP contribution in [0.1, 0.15) is 0 Å². The summed E-state index contributed by atoms with van der Waals surface area (Å²) in [7, 11) is 1.51. The van der Waals surface area contributed by atoms with Gasteiger partial charge in [-0.1, -0.05) is 11.6 Å². The number of aromatic nitrogens is 2. The Morgan fingerprint density at radius 3 is 2.50 bits per heavy atom. The molecular weight excluding hydrogens is 219 g/mol. The molecule has 12 heavy (non-hydrogen) atoms. The Bertz CT molecular complexity index is 295. The Kier molecular flexibility index (Phi) is 3.43. The van der Waals surface area contributed by atoms with E-state index >= 15 is 0 Å². The maximum absolute atomic E-state index is 5.78. The van der Waals surface area contributed by atoms with Crippen molar-refractivity contribution < 1.29 is 4.74 Å². The van der Waals surface area contributed by atoms with Gasteiger partial charge in [0, 0.05) is 0 Å². The first kappa shape index (κ1) is 9.89. The average molecular weight is 225 g/mol. The number of hydrogen-bond donors (Lipinski definition) is 0. The monoisotopic (exact) mass is 224 g/mol. The Labute approximate surface area is 84.4 Å². The zero-order valence-corrected chi connectivity index (χ0v) is 8.80. The molecule has 0 radical (unpaired) electrons. The Hall–Kier alpha value is -0.190. The molecular formula is C6H6Cl2N2OS. The first-order valence-electron chi connectivity index (χ1n) is 3.00. The predicted molar refractivity (Wildman–Crippen MR) is 50.4 cm³/mol. The van der Waals surface area contributed by atoms with Gasteiger partial charge in [-0.25, -0.2) is 4.98 Å². The molecule has 3 nitrogen and oxygen atoms in total. The van der Waals surface area contributed by atoms with E-state index in [1.54, 1.807) is 0 Å². The van der Waals surface area contributed by atoms with Crippen molar-refractivity contribution in [1.82, 2.24) is 9.97 Å². The van der Waals surface area contributed by atoms with Crippen molar-refractivity contribution >= 4 is 35.0 Å². The highest BCUT2D eigenvalue weighted by Crippen LogP contribution is 2.32. The fraction of sp³-hybridized carbons (Fsp3) is 0.333. The molecule has 1 rings (SSSR count). The van der Waals surface area contributed by atoms with Crippen molar-refractivity contribution in [2.24, 2.45) is 0 Å². The topological polar surface area (TPSA) is 35.0 Å². The molecule has 0 fully saturated rings. The normalized spacial score (nSPS) is 10.0. The fourth-order valence-electron chi connectivity index (χ4n) is 0.689. The van der Waals surface area contributed by atoms with Crippen LogP contribution in [0.4, 0.5) is 0 Å². The quantitative estimate of drug-likeness (QED) is 0.440.